The highest BCUT2D eigenvalue weighted by molar-refractivity contribution is 6.39. The van der Waals surface area contributed by atoms with Gasteiger partial charge in [-0.3, -0.25) is 19.8 Å². The molecule has 2 aromatic heterocycles. The van der Waals surface area contributed by atoms with E-state index in [0.29, 0.717) is 60.7 Å². The van der Waals surface area contributed by atoms with Crippen LogP contribution in [0.25, 0.3) is 33.6 Å². The summed E-state index contributed by atoms with van der Waals surface area (Å²) in [7, 11) is 0. The van der Waals surface area contributed by atoms with E-state index in [-0.39, 0.29) is 12.2 Å². The number of rotatable bonds is 7. The normalized spacial score (nSPS) is 16.6. The molecule has 0 unspecified atom stereocenters. The van der Waals surface area contributed by atoms with Gasteiger partial charge in [0.25, 0.3) is 0 Å². The average molecular weight is 578 g/mol. The van der Waals surface area contributed by atoms with E-state index in [1.165, 1.54) is 0 Å². The molecule has 2 aliphatic rings. The maximum absolute atomic E-state index is 9.56. The van der Waals surface area contributed by atoms with Gasteiger partial charge in [0.05, 0.1) is 68.8 Å². The van der Waals surface area contributed by atoms with Crippen LogP contribution in [0.5, 0.6) is 0 Å². The summed E-state index contributed by atoms with van der Waals surface area (Å²) in [4.78, 5) is 23.2. The molecule has 0 bridgehead atoms. The maximum atomic E-state index is 9.56. The minimum atomic E-state index is -0.249. The molecule has 2 fully saturated rings. The summed E-state index contributed by atoms with van der Waals surface area (Å²) < 4.78 is 0. The number of aliphatic hydroxyl groups excluding tert-OH is 2. The summed E-state index contributed by atoms with van der Waals surface area (Å²) in [5.41, 5.74) is 7.98. The van der Waals surface area contributed by atoms with Crippen LogP contribution in [0.1, 0.15) is 22.8 Å². The Bertz CT molecular complexity index is 1450. The summed E-state index contributed by atoms with van der Waals surface area (Å²) >= 11 is 14.0. The highest BCUT2D eigenvalue weighted by Gasteiger charge is 2.26. The zero-order chi connectivity index (χ0) is 28.0. The van der Waals surface area contributed by atoms with E-state index in [4.69, 9.17) is 33.2 Å². The molecule has 2 N–H and O–H groups in total. The Morgan fingerprint density at radius 3 is 1.40 bits per heavy atom. The van der Waals surface area contributed by atoms with Gasteiger partial charge in [-0.1, -0.05) is 59.6 Å². The number of aliphatic hydroxyl groups is 2. The molecule has 4 heterocycles. The first-order valence-corrected chi connectivity index (χ1v) is 14.1. The fourth-order valence-electron chi connectivity index (χ4n) is 5.23. The number of nitrogens with zero attached hydrogens (tertiary/aromatic N) is 6. The quantitative estimate of drug-likeness (QED) is 0.331. The Hall–Kier alpha value is -2.98. The van der Waals surface area contributed by atoms with Crippen molar-refractivity contribution in [1.82, 2.24) is 29.7 Å². The standard InChI is InChI=1S/C30H30Cl2N6O2/c1-17-27(15-37-11-19(39)12-37)33-9-25(35-17)23-7-3-5-21(29(23)31)22-6-4-8-24(30(22)32)26-10-34-28(18(2)36-26)16-38-13-20(40)14-38/h3-10,19-20,39-40H,11-16H2,1-2H3. The van der Waals surface area contributed by atoms with Gasteiger partial charge in [-0.05, 0) is 13.8 Å². The summed E-state index contributed by atoms with van der Waals surface area (Å²) in [6, 6.07) is 11.6. The van der Waals surface area contributed by atoms with Gasteiger partial charge in [-0.15, -0.1) is 0 Å². The van der Waals surface area contributed by atoms with Crippen LogP contribution in [0.4, 0.5) is 0 Å². The number of halogens is 2. The number of aryl methyl sites for hydroxylation is 2. The Balaban J connectivity index is 1.28. The van der Waals surface area contributed by atoms with Gasteiger partial charge in [0.2, 0.25) is 0 Å². The van der Waals surface area contributed by atoms with Crippen LogP contribution < -0.4 is 0 Å². The number of aromatic nitrogens is 4. The third kappa shape index (κ3) is 5.35. The van der Waals surface area contributed by atoms with Gasteiger partial charge in [-0.2, -0.15) is 0 Å². The molecule has 2 aliphatic heterocycles. The molecule has 206 valence electrons. The molecule has 8 nitrogen and oxygen atoms in total. The zero-order valence-corrected chi connectivity index (χ0v) is 23.9. The molecule has 4 aromatic rings. The second-order valence-electron chi connectivity index (χ2n) is 10.6. The van der Waals surface area contributed by atoms with E-state index < -0.39 is 0 Å². The third-order valence-corrected chi connectivity index (χ3v) is 8.37. The topological polar surface area (TPSA) is 98.5 Å². The van der Waals surface area contributed by atoms with E-state index in [1.807, 2.05) is 50.2 Å². The molecule has 2 saturated heterocycles. The highest BCUT2D eigenvalue weighted by Crippen LogP contribution is 2.41. The van der Waals surface area contributed by atoms with Crippen molar-refractivity contribution >= 4 is 23.2 Å². The van der Waals surface area contributed by atoms with Crippen molar-refractivity contribution in [3.05, 3.63) is 81.6 Å². The van der Waals surface area contributed by atoms with Crippen LogP contribution in [0.15, 0.2) is 48.8 Å². The van der Waals surface area contributed by atoms with Crippen LogP contribution in [0.2, 0.25) is 10.0 Å². The number of likely N-dealkylation sites (tertiary alicyclic amines) is 2. The monoisotopic (exact) mass is 576 g/mol. The summed E-state index contributed by atoms with van der Waals surface area (Å²) in [5.74, 6) is 0. The maximum Gasteiger partial charge on any atom is 0.0903 e. The Labute approximate surface area is 243 Å². The second kappa shape index (κ2) is 11.1. The van der Waals surface area contributed by atoms with E-state index in [1.54, 1.807) is 12.4 Å². The Kier molecular flexibility index (Phi) is 7.56. The molecule has 40 heavy (non-hydrogen) atoms. The van der Waals surface area contributed by atoms with Crippen molar-refractivity contribution in [2.75, 3.05) is 26.2 Å². The average Bonchev–Trinajstić information content (AvgIpc) is 2.89. The molecular weight excluding hydrogens is 547 g/mol. The van der Waals surface area contributed by atoms with E-state index >= 15 is 0 Å². The molecule has 0 aliphatic carbocycles. The van der Waals surface area contributed by atoms with Crippen molar-refractivity contribution < 1.29 is 10.2 Å². The molecule has 0 amide bonds. The number of hydrogen-bond donors (Lipinski definition) is 2. The van der Waals surface area contributed by atoms with Crippen LogP contribution in [-0.2, 0) is 13.1 Å². The summed E-state index contributed by atoms with van der Waals surface area (Å²) in [5, 5.41) is 20.2. The number of benzene rings is 2. The van der Waals surface area contributed by atoms with Gasteiger partial charge in [0.1, 0.15) is 0 Å². The SMILES string of the molecule is Cc1nc(-c2cccc(-c3cccc(-c4cnc(CN5CC(O)C5)c(C)n4)c3Cl)c2Cl)cnc1CN1CC(O)C1. The third-order valence-electron chi connectivity index (χ3n) is 7.56. The number of hydrogen-bond acceptors (Lipinski definition) is 8. The Morgan fingerprint density at radius 2 is 1.05 bits per heavy atom. The van der Waals surface area contributed by atoms with Crippen LogP contribution in [0.3, 0.4) is 0 Å². The highest BCUT2D eigenvalue weighted by atomic mass is 35.5. The van der Waals surface area contributed by atoms with Gasteiger partial charge >= 0.3 is 0 Å². The first kappa shape index (κ1) is 27.2. The molecule has 0 radical (unpaired) electrons. The van der Waals surface area contributed by atoms with Crippen molar-refractivity contribution in [2.24, 2.45) is 0 Å². The minimum absolute atomic E-state index is 0.249. The molecule has 0 saturated carbocycles. The molecule has 2 aromatic carbocycles. The van der Waals surface area contributed by atoms with Crippen molar-refractivity contribution in [1.29, 1.82) is 0 Å². The lowest BCUT2D eigenvalue weighted by molar-refractivity contribution is -0.00392. The smallest absolute Gasteiger partial charge is 0.0903 e. The van der Waals surface area contributed by atoms with E-state index in [9.17, 15) is 10.2 Å². The fraction of sp³-hybridized carbons (Fsp3) is 0.333. The lowest BCUT2D eigenvalue weighted by Crippen LogP contribution is -2.50. The first-order chi connectivity index (χ1) is 19.3. The van der Waals surface area contributed by atoms with Crippen molar-refractivity contribution in [3.8, 4) is 33.6 Å². The molecular formula is C30H30Cl2N6O2. The van der Waals surface area contributed by atoms with Crippen molar-refractivity contribution in [3.63, 3.8) is 0 Å². The van der Waals surface area contributed by atoms with E-state index in [0.717, 1.165) is 45.0 Å². The predicted molar refractivity (Wildman–Crippen MR) is 156 cm³/mol. The van der Waals surface area contributed by atoms with Crippen LogP contribution >= 0.6 is 23.2 Å². The van der Waals surface area contributed by atoms with Crippen molar-refractivity contribution in [2.45, 2.75) is 39.1 Å². The number of β-amino-alcohol motifs (C(OH)–C–C–N with tert-alkyl or cyclic N) is 2. The second-order valence-corrected chi connectivity index (χ2v) is 11.4. The predicted octanol–water partition coefficient (Wildman–Crippen LogP) is 4.54. The molecule has 0 atom stereocenters. The van der Waals surface area contributed by atoms with Gasteiger partial charge in [0, 0.05) is 61.5 Å². The van der Waals surface area contributed by atoms with E-state index in [2.05, 4.69) is 19.8 Å². The molecule has 10 heteroatoms. The minimum Gasteiger partial charge on any atom is -0.390 e. The lowest BCUT2D eigenvalue weighted by atomic mass is 9.98. The fourth-order valence-corrected chi connectivity index (χ4v) is 5.87. The Morgan fingerprint density at radius 1 is 0.675 bits per heavy atom. The van der Waals surface area contributed by atoms with Gasteiger partial charge in [0.15, 0.2) is 0 Å². The zero-order valence-electron chi connectivity index (χ0n) is 22.3. The van der Waals surface area contributed by atoms with Crippen LogP contribution in [0, 0.1) is 13.8 Å². The molecule has 0 spiro atoms. The van der Waals surface area contributed by atoms with Gasteiger partial charge in [-0.25, -0.2) is 9.97 Å². The van der Waals surface area contributed by atoms with Crippen LogP contribution in [-0.4, -0.2) is 78.3 Å². The lowest BCUT2D eigenvalue weighted by Gasteiger charge is -2.35. The summed E-state index contributed by atoms with van der Waals surface area (Å²) in [6.45, 7) is 7.87. The molecule has 6 rings (SSSR count). The largest absolute Gasteiger partial charge is 0.390 e. The first-order valence-electron chi connectivity index (χ1n) is 13.3. The summed E-state index contributed by atoms with van der Waals surface area (Å²) in [6.07, 6.45) is 3.01. The van der Waals surface area contributed by atoms with Gasteiger partial charge < -0.3 is 10.2 Å².